The quantitative estimate of drug-likeness (QED) is 0.468. The summed E-state index contributed by atoms with van der Waals surface area (Å²) in [4.78, 5) is 11.8. The average molecular weight is 420 g/mol. The van der Waals surface area contributed by atoms with Crippen molar-refractivity contribution in [2.45, 2.75) is 25.4 Å². The molecule has 1 N–H and O–H groups in total. The molecule has 146 valence electrons. The van der Waals surface area contributed by atoms with Gasteiger partial charge < -0.3 is 10.2 Å². The fraction of sp³-hybridized carbons (Fsp3) is 0.227. The van der Waals surface area contributed by atoms with E-state index in [1.807, 2.05) is 24.4 Å². The minimum Gasteiger partial charge on any atom is -0.352 e. The van der Waals surface area contributed by atoms with Gasteiger partial charge in [0.1, 0.15) is 0 Å². The smallest absolute Gasteiger partial charge is 0.194 e. The van der Waals surface area contributed by atoms with Crippen molar-refractivity contribution >= 4 is 38.9 Å². The van der Waals surface area contributed by atoms with E-state index >= 15 is 0 Å². The molecule has 4 aromatic rings. The van der Waals surface area contributed by atoms with Gasteiger partial charge >= 0.3 is 0 Å². The van der Waals surface area contributed by atoms with Crippen LogP contribution in [0.4, 0.5) is 0 Å². The van der Waals surface area contributed by atoms with Crippen LogP contribution in [0.2, 0.25) is 0 Å². The second kappa shape index (κ2) is 7.57. The molecule has 0 bridgehead atoms. The third kappa shape index (κ3) is 3.20. The topological polar surface area (TPSA) is 46.0 Å². The maximum Gasteiger partial charge on any atom is 0.194 e. The second-order valence-corrected chi connectivity index (χ2v) is 8.48. The number of para-hydroxylation sites is 1. The Bertz CT molecular complexity index is 1120. The zero-order valence-electron chi connectivity index (χ0n) is 16.0. The number of pyridine rings is 1. The highest BCUT2D eigenvalue weighted by Crippen LogP contribution is 2.40. The van der Waals surface area contributed by atoms with Gasteiger partial charge in [0.2, 0.25) is 0 Å². The lowest BCUT2D eigenvalue weighted by atomic mass is 10.0. The highest BCUT2D eigenvalue weighted by Gasteiger charge is 2.40. The predicted octanol–water partition coefficient (Wildman–Crippen LogP) is 4.86. The minimum absolute atomic E-state index is 0.00159. The third-order valence-electron chi connectivity index (χ3n) is 5.23. The summed E-state index contributed by atoms with van der Waals surface area (Å²) in [6, 6.07) is 18.6. The first-order valence-electron chi connectivity index (χ1n) is 9.77. The molecule has 0 aliphatic carbocycles. The van der Waals surface area contributed by atoms with Crippen LogP contribution in [0.15, 0.2) is 67.0 Å². The van der Waals surface area contributed by atoms with Gasteiger partial charge in [0.05, 0.1) is 33.7 Å². The molecule has 0 saturated carbocycles. The molecule has 1 fully saturated rings. The van der Waals surface area contributed by atoms with Gasteiger partial charge in [0, 0.05) is 18.9 Å². The van der Waals surface area contributed by atoms with E-state index in [1.165, 1.54) is 10.4 Å². The predicted molar refractivity (Wildman–Crippen MR) is 121 cm³/mol. The first kappa shape index (κ1) is 18.3. The van der Waals surface area contributed by atoms with Crippen LogP contribution in [0, 0.1) is 0 Å². The molecule has 5 rings (SSSR count). The van der Waals surface area contributed by atoms with E-state index in [4.69, 9.17) is 17.2 Å². The fourth-order valence-electron chi connectivity index (χ4n) is 3.98. The van der Waals surface area contributed by atoms with Crippen LogP contribution in [0.5, 0.6) is 0 Å². The maximum absolute atomic E-state index is 5.71. The molecule has 2 atom stereocenters. The van der Waals surface area contributed by atoms with Crippen molar-refractivity contribution in [1.82, 2.24) is 24.8 Å². The van der Waals surface area contributed by atoms with Crippen LogP contribution in [0.1, 0.15) is 36.8 Å². The molecule has 3 aromatic heterocycles. The van der Waals surface area contributed by atoms with Gasteiger partial charge in [0.25, 0.3) is 0 Å². The number of hydrogen-bond donors (Lipinski definition) is 1. The minimum atomic E-state index is -0.00159. The zero-order valence-corrected chi connectivity index (χ0v) is 17.7. The van der Waals surface area contributed by atoms with Crippen molar-refractivity contribution < 1.29 is 0 Å². The SMILES string of the molecule is CCCN1C(=S)NC(c2ccccn2)C1c1cccn1-c1nc2ccccc2s1. The summed E-state index contributed by atoms with van der Waals surface area (Å²) in [5.41, 5.74) is 3.19. The van der Waals surface area contributed by atoms with Gasteiger partial charge in [-0.25, -0.2) is 4.98 Å². The number of hydrogen-bond acceptors (Lipinski definition) is 4. The van der Waals surface area contributed by atoms with E-state index in [0.717, 1.165) is 34.4 Å². The molecule has 4 heterocycles. The van der Waals surface area contributed by atoms with E-state index < -0.39 is 0 Å². The Morgan fingerprint density at radius 1 is 1.10 bits per heavy atom. The number of thiazole rings is 1. The van der Waals surface area contributed by atoms with E-state index in [2.05, 4.69) is 69.3 Å². The van der Waals surface area contributed by atoms with Gasteiger partial charge in [-0.2, -0.15) is 0 Å². The Hall–Kier alpha value is -2.77. The van der Waals surface area contributed by atoms with E-state index in [1.54, 1.807) is 11.3 Å². The summed E-state index contributed by atoms with van der Waals surface area (Å²) in [7, 11) is 0. The highest BCUT2D eigenvalue weighted by molar-refractivity contribution is 7.80. The Morgan fingerprint density at radius 2 is 1.97 bits per heavy atom. The molecule has 0 spiro atoms. The number of thiocarbonyl (C=S) groups is 1. The molecule has 2 unspecified atom stereocenters. The van der Waals surface area contributed by atoms with Gasteiger partial charge in [-0.1, -0.05) is 36.5 Å². The molecule has 1 aliphatic rings. The first-order chi connectivity index (χ1) is 14.3. The summed E-state index contributed by atoms with van der Waals surface area (Å²) in [6.07, 6.45) is 4.95. The van der Waals surface area contributed by atoms with Crippen LogP contribution < -0.4 is 5.32 Å². The summed E-state index contributed by atoms with van der Waals surface area (Å²) in [5.74, 6) is 0. The molecule has 29 heavy (non-hydrogen) atoms. The van der Waals surface area contributed by atoms with Crippen molar-refractivity contribution in [3.63, 3.8) is 0 Å². The van der Waals surface area contributed by atoms with Crippen molar-refractivity contribution in [3.8, 4) is 5.13 Å². The van der Waals surface area contributed by atoms with Crippen LogP contribution in [0.25, 0.3) is 15.3 Å². The molecule has 5 nitrogen and oxygen atoms in total. The summed E-state index contributed by atoms with van der Waals surface area (Å²) in [5, 5.41) is 5.27. The zero-order chi connectivity index (χ0) is 19.8. The summed E-state index contributed by atoms with van der Waals surface area (Å²) < 4.78 is 3.39. The molecule has 0 radical (unpaired) electrons. The van der Waals surface area contributed by atoms with Crippen LogP contribution in [-0.2, 0) is 0 Å². The normalized spacial score (nSPS) is 19.1. The number of benzene rings is 1. The fourth-order valence-corrected chi connectivity index (χ4v) is 5.28. The van der Waals surface area contributed by atoms with Crippen molar-refractivity contribution in [2.24, 2.45) is 0 Å². The van der Waals surface area contributed by atoms with Crippen molar-refractivity contribution in [1.29, 1.82) is 0 Å². The van der Waals surface area contributed by atoms with E-state index in [-0.39, 0.29) is 12.1 Å². The number of nitrogens with one attached hydrogen (secondary N) is 1. The average Bonchev–Trinajstić information content (AvgIpc) is 3.46. The van der Waals surface area contributed by atoms with E-state index in [0.29, 0.717) is 0 Å². The Morgan fingerprint density at radius 3 is 2.76 bits per heavy atom. The third-order valence-corrected chi connectivity index (χ3v) is 6.62. The monoisotopic (exact) mass is 419 g/mol. The molecule has 1 aliphatic heterocycles. The second-order valence-electron chi connectivity index (χ2n) is 7.09. The molecular formula is C22H21N5S2. The lowest BCUT2D eigenvalue weighted by Crippen LogP contribution is -2.31. The van der Waals surface area contributed by atoms with Gasteiger partial charge in [0.15, 0.2) is 10.2 Å². The van der Waals surface area contributed by atoms with Crippen LogP contribution >= 0.6 is 23.6 Å². The van der Waals surface area contributed by atoms with Crippen LogP contribution in [0.3, 0.4) is 0 Å². The van der Waals surface area contributed by atoms with Gasteiger partial charge in [-0.3, -0.25) is 9.55 Å². The van der Waals surface area contributed by atoms with Gasteiger partial charge in [-0.05, 0) is 55.0 Å². The van der Waals surface area contributed by atoms with E-state index in [9.17, 15) is 0 Å². The number of aromatic nitrogens is 3. The first-order valence-corrected chi connectivity index (χ1v) is 11.0. The molecule has 0 amide bonds. The van der Waals surface area contributed by atoms with Crippen molar-refractivity contribution in [3.05, 3.63) is 78.4 Å². The molecule has 7 heteroatoms. The Labute approximate surface area is 179 Å². The number of nitrogens with zero attached hydrogens (tertiary/aromatic N) is 4. The Balaban J connectivity index is 1.62. The maximum atomic E-state index is 5.71. The molecule has 1 saturated heterocycles. The largest absolute Gasteiger partial charge is 0.352 e. The molecule has 1 aromatic carbocycles. The highest BCUT2D eigenvalue weighted by atomic mass is 32.1. The van der Waals surface area contributed by atoms with Gasteiger partial charge in [-0.15, -0.1) is 0 Å². The standard InChI is InChI=1S/C22H21N5S2/c1-2-13-27-20(19(25-21(27)28)16-9-5-6-12-23-16)17-10-7-14-26(17)22-24-15-8-3-4-11-18(15)29-22/h3-12,14,19-20H,2,13H2,1H3,(H,25,28). The molecular weight excluding hydrogens is 398 g/mol. The summed E-state index contributed by atoms with van der Waals surface area (Å²) in [6.45, 7) is 3.07. The lowest BCUT2D eigenvalue weighted by Gasteiger charge is -2.28. The summed E-state index contributed by atoms with van der Waals surface area (Å²) >= 11 is 7.42. The Kier molecular flexibility index (Phi) is 4.77. The number of fused-ring (bicyclic) bond motifs is 1. The number of rotatable bonds is 5. The lowest BCUT2D eigenvalue weighted by molar-refractivity contribution is 0.309. The van der Waals surface area contributed by atoms with Crippen molar-refractivity contribution in [2.75, 3.05) is 6.54 Å². The van der Waals surface area contributed by atoms with Crippen LogP contribution in [-0.4, -0.2) is 31.1 Å².